The lowest BCUT2D eigenvalue weighted by Gasteiger charge is -2.22. The van der Waals surface area contributed by atoms with Crippen molar-refractivity contribution in [2.24, 2.45) is 11.1 Å². The zero-order valence-electron chi connectivity index (χ0n) is 13.4. The molecule has 7 heteroatoms. The molecule has 0 saturated heterocycles. The number of hydrogen-bond acceptors (Lipinski definition) is 4. The maximum Gasteiger partial charge on any atom is 0.238 e. The van der Waals surface area contributed by atoms with Crippen LogP contribution in [0.3, 0.4) is 0 Å². The van der Waals surface area contributed by atoms with Crippen LogP contribution in [0.4, 0.5) is 0 Å². The predicted octanol–water partition coefficient (Wildman–Crippen LogP) is 1.40. The van der Waals surface area contributed by atoms with Gasteiger partial charge in [-0.3, -0.25) is 9.59 Å². The third-order valence-electron chi connectivity index (χ3n) is 4.31. The zero-order valence-corrected chi connectivity index (χ0v) is 14.3. The largest absolute Gasteiger partial charge is 0.352 e. The smallest absolute Gasteiger partial charge is 0.238 e. The van der Waals surface area contributed by atoms with E-state index < -0.39 is 10.0 Å². The Morgan fingerprint density at radius 1 is 1.08 bits per heavy atom. The number of benzene rings is 2. The van der Waals surface area contributed by atoms with Crippen LogP contribution >= 0.6 is 0 Å². The van der Waals surface area contributed by atoms with Gasteiger partial charge in [0.1, 0.15) is 0 Å². The van der Waals surface area contributed by atoms with Gasteiger partial charge in [-0.15, -0.1) is 0 Å². The Bertz CT molecular complexity index is 920. The van der Waals surface area contributed by atoms with Crippen molar-refractivity contribution in [1.29, 1.82) is 0 Å². The molecule has 0 radical (unpaired) electrons. The van der Waals surface area contributed by atoms with Crippen molar-refractivity contribution in [3.05, 3.63) is 65.2 Å². The van der Waals surface area contributed by atoms with Gasteiger partial charge in [0.25, 0.3) is 0 Å². The van der Waals surface area contributed by atoms with Crippen molar-refractivity contribution in [2.45, 2.75) is 24.3 Å². The van der Waals surface area contributed by atoms with Gasteiger partial charge < -0.3 is 5.32 Å². The minimum absolute atomic E-state index is 0.0143. The molecule has 0 bridgehead atoms. The first kappa shape index (κ1) is 17.3. The van der Waals surface area contributed by atoms with Crippen molar-refractivity contribution in [3.63, 3.8) is 0 Å². The SMILES string of the molecule is NS(=O)(=O)c1ccc(CNC(=O)C2CC(=O)c3ccccc3C2)cc1. The number of carbonyl (C=O) groups is 2. The fourth-order valence-corrected chi connectivity index (χ4v) is 3.47. The summed E-state index contributed by atoms with van der Waals surface area (Å²) in [5.74, 6) is -0.580. The number of nitrogens with one attached hydrogen (secondary N) is 1. The number of fused-ring (bicyclic) bond motifs is 1. The van der Waals surface area contributed by atoms with E-state index in [4.69, 9.17) is 5.14 Å². The summed E-state index contributed by atoms with van der Waals surface area (Å²) in [5, 5.41) is 7.86. The molecule has 0 spiro atoms. The number of rotatable bonds is 4. The number of amides is 1. The van der Waals surface area contributed by atoms with Gasteiger partial charge in [-0.1, -0.05) is 36.4 Å². The summed E-state index contributed by atoms with van der Waals surface area (Å²) in [6, 6.07) is 13.3. The molecular formula is C18H18N2O4S. The first-order valence-corrected chi connectivity index (χ1v) is 9.40. The molecule has 1 atom stereocenters. The van der Waals surface area contributed by atoms with Gasteiger partial charge in [-0.25, -0.2) is 13.6 Å². The number of carbonyl (C=O) groups excluding carboxylic acids is 2. The van der Waals surface area contributed by atoms with Crippen molar-refractivity contribution < 1.29 is 18.0 Å². The summed E-state index contributed by atoms with van der Waals surface area (Å²) in [6.07, 6.45) is 0.741. The molecule has 0 aliphatic heterocycles. The number of sulfonamides is 1. The van der Waals surface area contributed by atoms with Crippen LogP contribution in [0.2, 0.25) is 0 Å². The number of nitrogens with two attached hydrogens (primary N) is 1. The standard InChI is InChI=1S/C18H18N2O4S/c19-25(23,24)15-7-5-12(6-8-15)11-20-18(22)14-9-13-3-1-2-4-16(13)17(21)10-14/h1-8,14H,9-11H2,(H,20,22)(H2,19,23,24). The molecule has 2 aromatic carbocycles. The Morgan fingerprint density at radius 3 is 2.44 bits per heavy atom. The second-order valence-corrected chi connectivity index (χ2v) is 7.65. The van der Waals surface area contributed by atoms with Gasteiger partial charge in [0.2, 0.25) is 15.9 Å². The molecule has 1 aliphatic carbocycles. The lowest BCUT2D eigenvalue weighted by atomic mass is 9.82. The summed E-state index contributed by atoms with van der Waals surface area (Å²) in [5.41, 5.74) is 2.35. The zero-order chi connectivity index (χ0) is 18.0. The molecule has 1 aliphatic rings. The molecule has 2 aromatic rings. The first-order chi connectivity index (χ1) is 11.8. The van der Waals surface area contributed by atoms with Crippen molar-refractivity contribution in [2.75, 3.05) is 0 Å². The van der Waals surface area contributed by atoms with Crippen LogP contribution in [0, 0.1) is 5.92 Å². The van der Waals surface area contributed by atoms with E-state index in [2.05, 4.69) is 5.32 Å². The second kappa shape index (κ2) is 6.78. The number of primary sulfonamides is 1. The lowest BCUT2D eigenvalue weighted by Crippen LogP contribution is -2.35. The maximum absolute atomic E-state index is 12.4. The molecule has 3 rings (SSSR count). The molecule has 6 nitrogen and oxygen atoms in total. The van der Waals surface area contributed by atoms with E-state index in [0.717, 1.165) is 11.1 Å². The van der Waals surface area contributed by atoms with Crippen LogP contribution < -0.4 is 10.5 Å². The van der Waals surface area contributed by atoms with Crippen LogP contribution in [0.5, 0.6) is 0 Å². The van der Waals surface area contributed by atoms with Gasteiger partial charge in [0, 0.05) is 24.4 Å². The normalized spacial score (nSPS) is 17.0. The van der Waals surface area contributed by atoms with E-state index >= 15 is 0 Å². The van der Waals surface area contributed by atoms with Crippen molar-refractivity contribution in [1.82, 2.24) is 5.32 Å². The fourth-order valence-electron chi connectivity index (χ4n) is 2.96. The van der Waals surface area contributed by atoms with E-state index in [1.54, 1.807) is 18.2 Å². The van der Waals surface area contributed by atoms with Gasteiger partial charge in [-0.05, 0) is 29.7 Å². The molecule has 1 amide bonds. The fraction of sp³-hybridized carbons (Fsp3) is 0.222. The third kappa shape index (κ3) is 3.94. The molecule has 0 saturated carbocycles. The highest BCUT2D eigenvalue weighted by molar-refractivity contribution is 7.89. The molecule has 0 fully saturated rings. The molecular weight excluding hydrogens is 340 g/mol. The van der Waals surface area contributed by atoms with Crippen LogP contribution in [0.1, 0.15) is 27.9 Å². The van der Waals surface area contributed by atoms with E-state index in [9.17, 15) is 18.0 Å². The highest BCUT2D eigenvalue weighted by Gasteiger charge is 2.29. The molecule has 1 unspecified atom stereocenters. The van der Waals surface area contributed by atoms with E-state index in [-0.39, 0.29) is 35.5 Å². The summed E-state index contributed by atoms with van der Waals surface area (Å²) in [6.45, 7) is 0.260. The Kier molecular flexibility index (Phi) is 4.69. The quantitative estimate of drug-likeness (QED) is 0.861. The monoisotopic (exact) mass is 358 g/mol. The molecule has 25 heavy (non-hydrogen) atoms. The van der Waals surface area contributed by atoms with Crippen LogP contribution in [-0.4, -0.2) is 20.1 Å². The molecule has 0 heterocycles. The van der Waals surface area contributed by atoms with Crippen molar-refractivity contribution in [3.8, 4) is 0 Å². The molecule has 0 aromatic heterocycles. The van der Waals surface area contributed by atoms with E-state index in [1.165, 1.54) is 12.1 Å². The summed E-state index contributed by atoms with van der Waals surface area (Å²) in [4.78, 5) is 24.6. The minimum atomic E-state index is -3.73. The number of Topliss-reactive ketones (excluding diaryl/α,β-unsaturated/α-hetero) is 1. The Hall–Kier alpha value is -2.51. The average molecular weight is 358 g/mol. The second-order valence-electron chi connectivity index (χ2n) is 6.09. The van der Waals surface area contributed by atoms with Gasteiger partial charge >= 0.3 is 0 Å². The Morgan fingerprint density at radius 2 is 1.76 bits per heavy atom. The van der Waals surface area contributed by atoms with Crippen molar-refractivity contribution >= 4 is 21.7 Å². The van der Waals surface area contributed by atoms with E-state index in [0.29, 0.717) is 12.0 Å². The highest BCUT2D eigenvalue weighted by atomic mass is 32.2. The van der Waals surface area contributed by atoms with Crippen LogP contribution in [0.15, 0.2) is 53.4 Å². The number of ketones is 1. The molecule has 130 valence electrons. The third-order valence-corrected chi connectivity index (χ3v) is 5.23. The van der Waals surface area contributed by atoms with Gasteiger partial charge in [0.15, 0.2) is 5.78 Å². The van der Waals surface area contributed by atoms with Crippen LogP contribution in [-0.2, 0) is 27.8 Å². The van der Waals surface area contributed by atoms with Gasteiger partial charge in [0.05, 0.1) is 4.90 Å². The number of hydrogen-bond donors (Lipinski definition) is 2. The summed E-state index contributed by atoms with van der Waals surface area (Å²) in [7, 11) is -3.73. The lowest BCUT2D eigenvalue weighted by molar-refractivity contribution is -0.125. The first-order valence-electron chi connectivity index (χ1n) is 7.85. The van der Waals surface area contributed by atoms with E-state index in [1.807, 2.05) is 18.2 Å². The average Bonchev–Trinajstić information content (AvgIpc) is 2.59. The predicted molar refractivity (Wildman–Crippen MR) is 92.2 cm³/mol. The topological polar surface area (TPSA) is 106 Å². The van der Waals surface area contributed by atoms with Gasteiger partial charge in [-0.2, -0.15) is 0 Å². The highest BCUT2D eigenvalue weighted by Crippen LogP contribution is 2.25. The minimum Gasteiger partial charge on any atom is -0.352 e. The maximum atomic E-state index is 12.4. The van der Waals surface area contributed by atoms with Crippen LogP contribution in [0.25, 0.3) is 0 Å². The summed E-state index contributed by atoms with van der Waals surface area (Å²) < 4.78 is 22.4. The molecule has 3 N–H and O–H groups in total. The Labute approximate surface area is 146 Å². The Balaban J connectivity index is 1.63. The summed E-state index contributed by atoms with van der Waals surface area (Å²) >= 11 is 0.